The minimum Gasteiger partial charge on any atom is -0.493 e. The topological polar surface area (TPSA) is 98.3 Å². The fraction of sp³-hybridized carbons (Fsp3) is 0.318. The lowest BCUT2D eigenvalue weighted by Gasteiger charge is -2.14. The number of amides is 2. The number of methoxy groups -OCH3 is 1. The van der Waals surface area contributed by atoms with E-state index in [4.69, 9.17) is 14.2 Å². The zero-order chi connectivity index (χ0) is 22.1. The van der Waals surface area contributed by atoms with Crippen LogP contribution in [0.2, 0.25) is 0 Å². The van der Waals surface area contributed by atoms with Gasteiger partial charge in [-0.25, -0.2) is 10.2 Å². The van der Waals surface area contributed by atoms with Gasteiger partial charge in [-0.15, -0.1) is 0 Å². The van der Waals surface area contributed by atoms with Gasteiger partial charge in [0.25, 0.3) is 5.91 Å². The SMILES string of the molecule is CCOC(=O)NN=Cc1ccc(OCC(=O)Nc2c(C)cc(C)cc2C)c(OC)c1. The van der Waals surface area contributed by atoms with Crippen LogP contribution < -0.4 is 20.2 Å². The molecular formula is C22H27N3O5. The summed E-state index contributed by atoms with van der Waals surface area (Å²) in [7, 11) is 1.50. The van der Waals surface area contributed by atoms with Crippen LogP contribution >= 0.6 is 0 Å². The van der Waals surface area contributed by atoms with Gasteiger partial charge in [-0.05, 0) is 62.6 Å². The smallest absolute Gasteiger partial charge is 0.427 e. The predicted octanol–water partition coefficient (Wildman–Crippen LogP) is 3.72. The van der Waals surface area contributed by atoms with Crippen LogP contribution in [0.3, 0.4) is 0 Å². The van der Waals surface area contributed by atoms with Crippen LogP contribution in [-0.2, 0) is 9.53 Å². The maximum absolute atomic E-state index is 12.4. The molecule has 0 radical (unpaired) electrons. The zero-order valence-electron chi connectivity index (χ0n) is 17.9. The molecule has 0 saturated heterocycles. The van der Waals surface area contributed by atoms with E-state index in [0.29, 0.717) is 17.1 Å². The lowest BCUT2D eigenvalue weighted by Crippen LogP contribution is -2.21. The van der Waals surface area contributed by atoms with Gasteiger partial charge in [0.2, 0.25) is 0 Å². The molecule has 160 valence electrons. The van der Waals surface area contributed by atoms with Crippen molar-refractivity contribution in [3.8, 4) is 11.5 Å². The predicted molar refractivity (Wildman–Crippen MR) is 116 cm³/mol. The number of nitrogens with one attached hydrogen (secondary N) is 2. The minimum absolute atomic E-state index is 0.166. The van der Waals surface area contributed by atoms with E-state index >= 15 is 0 Å². The van der Waals surface area contributed by atoms with Crippen molar-refractivity contribution in [3.05, 3.63) is 52.6 Å². The number of benzene rings is 2. The highest BCUT2D eigenvalue weighted by Gasteiger charge is 2.11. The van der Waals surface area contributed by atoms with Crippen molar-refractivity contribution in [2.45, 2.75) is 27.7 Å². The molecule has 0 spiro atoms. The van der Waals surface area contributed by atoms with Gasteiger partial charge in [0.15, 0.2) is 18.1 Å². The molecule has 0 aliphatic rings. The minimum atomic E-state index is -0.634. The second kappa shape index (κ2) is 10.8. The van der Waals surface area contributed by atoms with E-state index in [2.05, 4.69) is 15.8 Å². The average molecular weight is 413 g/mol. The summed E-state index contributed by atoms with van der Waals surface area (Å²) in [5.41, 5.74) is 6.85. The summed E-state index contributed by atoms with van der Waals surface area (Å²) in [4.78, 5) is 23.6. The molecule has 2 aromatic rings. The van der Waals surface area contributed by atoms with Crippen LogP contribution in [-0.4, -0.2) is 38.5 Å². The second-order valence-electron chi connectivity index (χ2n) is 6.61. The third-order valence-corrected chi connectivity index (χ3v) is 4.13. The summed E-state index contributed by atoms with van der Waals surface area (Å²) in [6.45, 7) is 7.73. The number of aryl methyl sites for hydroxylation is 3. The molecule has 2 N–H and O–H groups in total. The Bertz CT molecular complexity index is 917. The number of anilines is 1. The monoisotopic (exact) mass is 413 g/mol. The molecule has 0 bridgehead atoms. The van der Waals surface area contributed by atoms with Gasteiger partial charge < -0.3 is 19.5 Å². The Morgan fingerprint density at radius 3 is 2.40 bits per heavy atom. The van der Waals surface area contributed by atoms with Crippen molar-refractivity contribution in [2.24, 2.45) is 5.10 Å². The Balaban J connectivity index is 1.99. The third kappa shape index (κ3) is 6.51. The van der Waals surface area contributed by atoms with Gasteiger partial charge in [0.05, 0.1) is 19.9 Å². The highest BCUT2D eigenvalue weighted by atomic mass is 16.5. The summed E-state index contributed by atoms with van der Waals surface area (Å²) in [5, 5.41) is 6.69. The van der Waals surface area contributed by atoms with E-state index in [1.54, 1.807) is 25.1 Å². The van der Waals surface area contributed by atoms with E-state index in [0.717, 1.165) is 22.4 Å². The Morgan fingerprint density at radius 1 is 1.07 bits per heavy atom. The van der Waals surface area contributed by atoms with Crippen molar-refractivity contribution in [1.29, 1.82) is 0 Å². The first kappa shape index (κ1) is 22.7. The molecule has 2 amide bonds. The summed E-state index contributed by atoms with van der Waals surface area (Å²) in [6.07, 6.45) is 0.810. The molecule has 8 nitrogen and oxygen atoms in total. The first-order chi connectivity index (χ1) is 14.3. The molecule has 0 fully saturated rings. The molecular weight excluding hydrogens is 386 g/mol. The summed E-state index contributed by atoms with van der Waals surface area (Å²) in [5.74, 6) is 0.586. The normalized spacial score (nSPS) is 10.6. The number of ether oxygens (including phenoxy) is 3. The Morgan fingerprint density at radius 2 is 1.77 bits per heavy atom. The largest absolute Gasteiger partial charge is 0.493 e. The van der Waals surface area contributed by atoms with Gasteiger partial charge in [0.1, 0.15) is 0 Å². The van der Waals surface area contributed by atoms with Gasteiger partial charge in [-0.3, -0.25) is 4.79 Å². The summed E-state index contributed by atoms with van der Waals surface area (Å²) < 4.78 is 15.7. The number of rotatable bonds is 8. The molecule has 0 saturated carbocycles. The number of hydrogen-bond acceptors (Lipinski definition) is 6. The van der Waals surface area contributed by atoms with Crippen molar-refractivity contribution in [3.63, 3.8) is 0 Å². The quantitative estimate of drug-likeness (QED) is 0.508. The Hall–Kier alpha value is -3.55. The lowest BCUT2D eigenvalue weighted by atomic mass is 10.1. The Labute approximate surface area is 176 Å². The maximum atomic E-state index is 12.4. The lowest BCUT2D eigenvalue weighted by molar-refractivity contribution is -0.118. The third-order valence-electron chi connectivity index (χ3n) is 4.13. The molecule has 0 aromatic heterocycles. The van der Waals surface area contributed by atoms with E-state index in [9.17, 15) is 9.59 Å². The first-order valence-corrected chi connectivity index (χ1v) is 9.48. The molecule has 2 aromatic carbocycles. The molecule has 0 heterocycles. The zero-order valence-corrected chi connectivity index (χ0v) is 17.9. The van der Waals surface area contributed by atoms with Crippen LogP contribution in [0.15, 0.2) is 35.4 Å². The van der Waals surface area contributed by atoms with Gasteiger partial charge in [0, 0.05) is 5.69 Å². The second-order valence-corrected chi connectivity index (χ2v) is 6.61. The van der Waals surface area contributed by atoms with E-state index < -0.39 is 6.09 Å². The van der Waals surface area contributed by atoms with Crippen LogP contribution in [0, 0.1) is 20.8 Å². The van der Waals surface area contributed by atoms with Crippen LogP contribution in [0.5, 0.6) is 11.5 Å². The average Bonchev–Trinajstić information content (AvgIpc) is 2.69. The number of carbonyl (C=O) groups is 2. The van der Waals surface area contributed by atoms with Crippen LogP contribution in [0.25, 0.3) is 0 Å². The van der Waals surface area contributed by atoms with Crippen molar-refractivity contribution in [2.75, 3.05) is 25.6 Å². The first-order valence-electron chi connectivity index (χ1n) is 9.48. The van der Waals surface area contributed by atoms with Gasteiger partial charge in [-0.1, -0.05) is 17.7 Å². The van der Waals surface area contributed by atoms with E-state index in [1.807, 2.05) is 32.9 Å². The van der Waals surface area contributed by atoms with Crippen molar-refractivity contribution in [1.82, 2.24) is 5.43 Å². The fourth-order valence-electron chi connectivity index (χ4n) is 2.90. The molecule has 0 unspecified atom stereocenters. The molecule has 0 aliphatic carbocycles. The van der Waals surface area contributed by atoms with Crippen molar-refractivity contribution < 1.29 is 23.8 Å². The van der Waals surface area contributed by atoms with Crippen LogP contribution in [0.1, 0.15) is 29.2 Å². The molecule has 2 rings (SSSR count). The maximum Gasteiger partial charge on any atom is 0.427 e. The summed E-state index contributed by atoms with van der Waals surface area (Å²) >= 11 is 0. The standard InChI is InChI=1S/C22H27N3O5/c1-6-29-22(27)25-23-12-17-7-8-18(19(11-17)28-5)30-13-20(26)24-21-15(3)9-14(2)10-16(21)4/h7-12H,6,13H2,1-5H3,(H,24,26)(H,25,27). The number of hydrogen-bond donors (Lipinski definition) is 2. The molecule has 0 aliphatic heterocycles. The molecule has 8 heteroatoms. The van der Waals surface area contributed by atoms with Gasteiger partial charge in [-0.2, -0.15) is 5.10 Å². The van der Waals surface area contributed by atoms with E-state index in [1.165, 1.54) is 13.3 Å². The highest BCUT2D eigenvalue weighted by Crippen LogP contribution is 2.28. The van der Waals surface area contributed by atoms with Gasteiger partial charge >= 0.3 is 6.09 Å². The molecule has 30 heavy (non-hydrogen) atoms. The number of carbonyl (C=O) groups excluding carboxylic acids is 2. The Kier molecular flexibility index (Phi) is 8.22. The number of hydrazone groups is 1. The fourth-order valence-corrected chi connectivity index (χ4v) is 2.90. The summed E-state index contributed by atoms with van der Waals surface area (Å²) in [6, 6.07) is 9.10. The highest BCUT2D eigenvalue weighted by molar-refractivity contribution is 5.93. The molecule has 0 atom stereocenters. The van der Waals surface area contributed by atoms with Crippen LogP contribution in [0.4, 0.5) is 10.5 Å². The van der Waals surface area contributed by atoms with Crippen molar-refractivity contribution >= 4 is 23.9 Å². The van der Waals surface area contributed by atoms with E-state index in [-0.39, 0.29) is 19.1 Å². The number of nitrogens with zero attached hydrogens (tertiary/aromatic N) is 1.